The molecule has 1 rings (SSSR count). The number of likely N-dealkylation sites (tertiary alicyclic amines) is 1. The van der Waals surface area contributed by atoms with Crippen LogP contribution in [0.3, 0.4) is 0 Å². The van der Waals surface area contributed by atoms with E-state index in [1.807, 2.05) is 0 Å². The van der Waals surface area contributed by atoms with Gasteiger partial charge in [0.05, 0.1) is 0 Å². The van der Waals surface area contributed by atoms with E-state index in [0.717, 1.165) is 6.54 Å². The van der Waals surface area contributed by atoms with Crippen molar-refractivity contribution in [1.29, 1.82) is 0 Å². The highest BCUT2D eigenvalue weighted by atomic mass is 15.2. The van der Waals surface area contributed by atoms with Gasteiger partial charge < -0.3 is 5.73 Å². The van der Waals surface area contributed by atoms with Gasteiger partial charge in [-0.1, -0.05) is 51.9 Å². The van der Waals surface area contributed by atoms with E-state index >= 15 is 0 Å². The minimum atomic E-state index is 0.662. The normalized spacial score (nSPS) is 20.1. The Morgan fingerprint density at radius 3 is 2.18 bits per heavy atom. The molecule has 0 aromatic rings. The van der Waals surface area contributed by atoms with E-state index in [9.17, 15) is 0 Å². The summed E-state index contributed by atoms with van der Waals surface area (Å²) < 4.78 is 0. The summed E-state index contributed by atoms with van der Waals surface area (Å²) in [6.07, 6.45) is 13.8. The first-order valence-electron chi connectivity index (χ1n) is 7.82. The number of unbranched alkanes of at least 4 members (excludes halogenated alkanes) is 4. The maximum atomic E-state index is 5.95. The fourth-order valence-corrected chi connectivity index (χ4v) is 2.89. The zero-order valence-electron chi connectivity index (χ0n) is 11.8. The second-order valence-corrected chi connectivity index (χ2v) is 5.54. The van der Waals surface area contributed by atoms with Crippen LogP contribution in [0.5, 0.6) is 0 Å². The van der Waals surface area contributed by atoms with E-state index in [4.69, 9.17) is 5.73 Å². The third-order valence-electron chi connectivity index (χ3n) is 4.07. The molecular weight excluding hydrogens is 208 g/mol. The van der Waals surface area contributed by atoms with Crippen LogP contribution in [0.25, 0.3) is 0 Å². The molecule has 0 aromatic carbocycles. The molecule has 1 aliphatic heterocycles. The third kappa shape index (κ3) is 6.42. The summed E-state index contributed by atoms with van der Waals surface area (Å²) in [7, 11) is 0. The molecule has 1 aliphatic rings. The zero-order valence-corrected chi connectivity index (χ0v) is 11.8. The van der Waals surface area contributed by atoms with Gasteiger partial charge in [-0.3, -0.25) is 4.90 Å². The summed E-state index contributed by atoms with van der Waals surface area (Å²) in [6.45, 7) is 5.71. The fourth-order valence-electron chi connectivity index (χ4n) is 2.89. The van der Waals surface area contributed by atoms with Gasteiger partial charge in [0.2, 0.25) is 0 Å². The van der Waals surface area contributed by atoms with Gasteiger partial charge >= 0.3 is 0 Å². The van der Waals surface area contributed by atoms with Crippen LogP contribution in [0.4, 0.5) is 0 Å². The van der Waals surface area contributed by atoms with Gasteiger partial charge in [0, 0.05) is 12.6 Å². The van der Waals surface area contributed by atoms with E-state index in [1.54, 1.807) is 0 Å². The van der Waals surface area contributed by atoms with E-state index in [2.05, 4.69) is 11.8 Å². The highest BCUT2D eigenvalue weighted by Crippen LogP contribution is 2.16. The van der Waals surface area contributed by atoms with Crippen LogP contribution < -0.4 is 5.73 Å². The first-order chi connectivity index (χ1) is 8.38. The number of nitrogens with two attached hydrogens (primary N) is 1. The summed E-state index contributed by atoms with van der Waals surface area (Å²) in [5.74, 6) is 0. The SMILES string of the molecule is CCCCCCCC(CN)N1CCCCCC1. The highest BCUT2D eigenvalue weighted by Gasteiger charge is 2.17. The molecule has 1 saturated heterocycles. The Labute approximate surface area is 108 Å². The van der Waals surface area contributed by atoms with Crippen molar-refractivity contribution in [3.63, 3.8) is 0 Å². The first-order valence-corrected chi connectivity index (χ1v) is 7.82. The molecule has 2 heteroatoms. The molecule has 1 unspecified atom stereocenters. The lowest BCUT2D eigenvalue weighted by Crippen LogP contribution is -2.41. The smallest absolute Gasteiger partial charge is 0.0218 e. The predicted molar refractivity (Wildman–Crippen MR) is 76.3 cm³/mol. The molecule has 2 nitrogen and oxygen atoms in total. The van der Waals surface area contributed by atoms with E-state index in [1.165, 1.54) is 77.3 Å². The quantitative estimate of drug-likeness (QED) is 0.657. The maximum absolute atomic E-state index is 5.95. The minimum Gasteiger partial charge on any atom is -0.329 e. The van der Waals surface area contributed by atoms with Gasteiger partial charge in [0.25, 0.3) is 0 Å². The Bertz CT molecular complexity index is 162. The lowest BCUT2D eigenvalue weighted by molar-refractivity contribution is 0.194. The van der Waals surface area contributed by atoms with Crippen molar-refractivity contribution in [2.24, 2.45) is 5.73 Å². The first kappa shape index (κ1) is 15.0. The van der Waals surface area contributed by atoms with Crippen molar-refractivity contribution < 1.29 is 0 Å². The van der Waals surface area contributed by atoms with Crippen LogP contribution in [0.15, 0.2) is 0 Å². The van der Waals surface area contributed by atoms with Crippen LogP contribution in [-0.2, 0) is 0 Å². The van der Waals surface area contributed by atoms with Crippen LogP contribution in [0.1, 0.15) is 71.1 Å². The summed E-state index contributed by atoms with van der Waals surface area (Å²) >= 11 is 0. The Morgan fingerprint density at radius 1 is 0.941 bits per heavy atom. The molecule has 102 valence electrons. The average Bonchev–Trinajstić information content (AvgIpc) is 2.63. The molecule has 1 fully saturated rings. The molecule has 0 bridgehead atoms. The molecule has 1 heterocycles. The third-order valence-corrected chi connectivity index (χ3v) is 4.07. The Morgan fingerprint density at radius 2 is 1.59 bits per heavy atom. The van der Waals surface area contributed by atoms with Crippen molar-refractivity contribution in [2.45, 2.75) is 77.2 Å². The summed E-state index contributed by atoms with van der Waals surface area (Å²) in [6, 6.07) is 0.662. The molecule has 0 amide bonds. The molecule has 0 aliphatic carbocycles. The lowest BCUT2D eigenvalue weighted by Gasteiger charge is -2.29. The number of nitrogens with zero attached hydrogens (tertiary/aromatic N) is 1. The van der Waals surface area contributed by atoms with Gasteiger partial charge in [0.1, 0.15) is 0 Å². The molecule has 0 radical (unpaired) electrons. The van der Waals surface area contributed by atoms with Gasteiger partial charge in [-0.15, -0.1) is 0 Å². The summed E-state index contributed by atoms with van der Waals surface area (Å²) in [5, 5.41) is 0. The Hall–Kier alpha value is -0.0800. The van der Waals surface area contributed by atoms with Gasteiger partial charge in [0.15, 0.2) is 0 Å². The average molecular weight is 240 g/mol. The minimum absolute atomic E-state index is 0.662. The lowest BCUT2D eigenvalue weighted by atomic mass is 10.0. The largest absolute Gasteiger partial charge is 0.329 e. The molecule has 2 N–H and O–H groups in total. The van der Waals surface area contributed by atoms with Crippen LogP contribution >= 0.6 is 0 Å². The molecule has 0 saturated carbocycles. The molecule has 0 aromatic heterocycles. The maximum Gasteiger partial charge on any atom is 0.0218 e. The van der Waals surface area contributed by atoms with Gasteiger partial charge in [-0.2, -0.15) is 0 Å². The molecule has 1 atom stereocenters. The van der Waals surface area contributed by atoms with E-state index in [-0.39, 0.29) is 0 Å². The Kier molecular flexibility index (Phi) is 8.72. The van der Waals surface area contributed by atoms with E-state index < -0.39 is 0 Å². The van der Waals surface area contributed by atoms with Crippen LogP contribution in [-0.4, -0.2) is 30.6 Å². The fraction of sp³-hybridized carbons (Fsp3) is 1.00. The zero-order chi connectivity index (χ0) is 12.3. The second kappa shape index (κ2) is 9.90. The monoisotopic (exact) mass is 240 g/mol. The summed E-state index contributed by atoms with van der Waals surface area (Å²) in [5.41, 5.74) is 5.95. The van der Waals surface area contributed by atoms with Crippen LogP contribution in [0, 0.1) is 0 Å². The number of rotatable bonds is 8. The number of hydrogen-bond donors (Lipinski definition) is 1. The molecule has 0 spiro atoms. The van der Waals surface area contributed by atoms with Gasteiger partial charge in [-0.25, -0.2) is 0 Å². The molecule has 17 heavy (non-hydrogen) atoms. The van der Waals surface area contributed by atoms with E-state index in [0.29, 0.717) is 6.04 Å². The van der Waals surface area contributed by atoms with Crippen molar-refractivity contribution in [2.75, 3.05) is 19.6 Å². The highest BCUT2D eigenvalue weighted by molar-refractivity contribution is 4.74. The van der Waals surface area contributed by atoms with Crippen molar-refractivity contribution in [3.8, 4) is 0 Å². The molecular formula is C15H32N2. The van der Waals surface area contributed by atoms with Crippen molar-refractivity contribution >= 4 is 0 Å². The number of hydrogen-bond acceptors (Lipinski definition) is 2. The second-order valence-electron chi connectivity index (χ2n) is 5.54. The van der Waals surface area contributed by atoms with Crippen molar-refractivity contribution in [1.82, 2.24) is 4.90 Å². The van der Waals surface area contributed by atoms with Crippen LogP contribution in [0.2, 0.25) is 0 Å². The Balaban J connectivity index is 2.16. The van der Waals surface area contributed by atoms with Gasteiger partial charge in [-0.05, 0) is 32.4 Å². The predicted octanol–water partition coefficient (Wildman–Crippen LogP) is 3.55. The van der Waals surface area contributed by atoms with Crippen molar-refractivity contribution in [3.05, 3.63) is 0 Å². The summed E-state index contributed by atoms with van der Waals surface area (Å²) in [4.78, 5) is 2.66. The topological polar surface area (TPSA) is 29.3 Å². The standard InChI is InChI=1S/C15H32N2/c1-2-3-4-5-8-11-15(14-16)17-12-9-6-7-10-13-17/h15H,2-14,16H2,1H3.